The van der Waals surface area contributed by atoms with Crippen molar-refractivity contribution < 1.29 is 8.78 Å². The Morgan fingerprint density at radius 2 is 1.57 bits per heavy atom. The Morgan fingerprint density at radius 3 is 2.05 bits per heavy atom. The summed E-state index contributed by atoms with van der Waals surface area (Å²) in [4.78, 5) is 0. The van der Waals surface area contributed by atoms with Crippen LogP contribution in [0, 0.1) is 34.8 Å². The average Bonchev–Trinajstić information content (AvgIpc) is 2.47. The first-order valence-corrected chi connectivity index (χ1v) is 8.02. The largest absolute Gasteiger partial charge is 0.205 e. The number of hydrogen-bond acceptors (Lipinski definition) is 1. The highest BCUT2D eigenvalue weighted by molar-refractivity contribution is 5.35. The summed E-state index contributed by atoms with van der Waals surface area (Å²) in [5.74, 6) is 0.0919. The maximum Gasteiger partial charge on any atom is 0.144 e. The van der Waals surface area contributed by atoms with E-state index in [0.717, 1.165) is 12.3 Å². The van der Waals surface area contributed by atoms with Gasteiger partial charge in [0.25, 0.3) is 0 Å². The molecule has 1 aromatic carbocycles. The molecule has 1 aliphatic rings. The fraction of sp³-hybridized carbons (Fsp3) is 0.611. The molecule has 0 atom stereocenters. The van der Waals surface area contributed by atoms with E-state index in [1.54, 1.807) is 6.07 Å². The van der Waals surface area contributed by atoms with Gasteiger partial charge >= 0.3 is 0 Å². The van der Waals surface area contributed by atoms with E-state index in [9.17, 15) is 8.78 Å². The lowest BCUT2D eigenvalue weighted by atomic mass is 9.78. The maximum atomic E-state index is 13.6. The number of halogens is 2. The van der Waals surface area contributed by atoms with Crippen molar-refractivity contribution in [3.63, 3.8) is 0 Å². The molecule has 1 aromatic rings. The molecule has 0 radical (unpaired) electrons. The van der Waals surface area contributed by atoms with Crippen molar-refractivity contribution in [1.29, 1.82) is 5.26 Å². The number of nitrogens with zero attached hydrogens (tertiary/aromatic N) is 1. The number of hydrogen-bond donors (Lipinski definition) is 0. The normalized spacial score (nSPS) is 22.0. The van der Waals surface area contributed by atoms with Crippen LogP contribution in [0.25, 0.3) is 0 Å². The minimum atomic E-state index is -0.737. The number of benzene rings is 1. The van der Waals surface area contributed by atoms with Gasteiger partial charge in [0.1, 0.15) is 23.3 Å². The second-order valence-corrected chi connectivity index (χ2v) is 6.26. The summed E-state index contributed by atoms with van der Waals surface area (Å²) < 4.78 is 27.1. The molecular formula is C18H23F2N. The summed E-state index contributed by atoms with van der Waals surface area (Å²) in [6, 6.07) is 4.18. The van der Waals surface area contributed by atoms with Crippen molar-refractivity contribution in [3.05, 3.63) is 34.9 Å². The Bertz CT molecular complexity index is 487. The molecule has 0 aromatic heterocycles. The Morgan fingerprint density at radius 1 is 1.05 bits per heavy atom. The third kappa shape index (κ3) is 4.27. The average molecular weight is 291 g/mol. The molecular weight excluding hydrogens is 268 g/mol. The molecule has 3 heteroatoms. The minimum absolute atomic E-state index is 0.473. The smallest absolute Gasteiger partial charge is 0.144 e. The maximum absolute atomic E-state index is 13.6. The summed E-state index contributed by atoms with van der Waals surface area (Å²) in [5.41, 5.74) is 0.193. The Labute approximate surface area is 126 Å². The van der Waals surface area contributed by atoms with E-state index in [4.69, 9.17) is 5.26 Å². The van der Waals surface area contributed by atoms with E-state index < -0.39 is 17.2 Å². The van der Waals surface area contributed by atoms with Crippen molar-refractivity contribution in [3.8, 4) is 6.07 Å². The number of rotatable bonds is 5. The summed E-state index contributed by atoms with van der Waals surface area (Å²) in [5, 5.41) is 8.66. The van der Waals surface area contributed by atoms with Gasteiger partial charge < -0.3 is 0 Å². The van der Waals surface area contributed by atoms with Crippen molar-refractivity contribution in [2.24, 2.45) is 11.8 Å². The Hall–Kier alpha value is -1.43. The third-order valence-electron chi connectivity index (χ3n) is 4.72. The van der Waals surface area contributed by atoms with E-state index >= 15 is 0 Å². The van der Waals surface area contributed by atoms with Crippen LogP contribution in [0.3, 0.4) is 0 Å². The fourth-order valence-corrected chi connectivity index (χ4v) is 3.46. The van der Waals surface area contributed by atoms with Gasteiger partial charge in [0.15, 0.2) is 0 Å². The molecule has 1 nitrogen and oxygen atoms in total. The van der Waals surface area contributed by atoms with E-state index in [-0.39, 0.29) is 0 Å². The van der Waals surface area contributed by atoms with Gasteiger partial charge in [0, 0.05) is 0 Å². The molecule has 0 N–H and O–H groups in total. The zero-order valence-corrected chi connectivity index (χ0v) is 12.7. The molecule has 1 aliphatic carbocycles. The monoisotopic (exact) mass is 291 g/mol. The van der Waals surface area contributed by atoms with Crippen LogP contribution in [-0.4, -0.2) is 0 Å². The van der Waals surface area contributed by atoms with E-state index in [0.29, 0.717) is 17.9 Å². The third-order valence-corrected chi connectivity index (χ3v) is 4.72. The number of nitriles is 1. The molecule has 1 saturated carbocycles. The van der Waals surface area contributed by atoms with E-state index in [1.807, 2.05) is 0 Å². The fourth-order valence-electron chi connectivity index (χ4n) is 3.46. The summed E-state index contributed by atoms with van der Waals surface area (Å²) in [6.45, 7) is 2.24. The summed E-state index contributed by atoms with van der Waals surface area (Å²) in [6.07, 6.45) is 9.37. The van der Waals surface area contributed by atoms with E-state index in [2.05, 4.69) is 6.92 Å². The predicted molar refractivity (Wildman–Crippen MR) is 79.8 cm³/mol. The second kappa shape index (κ2) is 7.54. The lowest BCUT2D eigenvalue weighted by Crippen LogP contribution is -2.15. The molecule has 21 heavy (non-hydrogen) atoms. The predicted octanol–water partition coefficient (Wildman–Crippen LogP) is 5.38. The van der Waals surface area contributed by atoms with Gasteiger partial charge in [-0.15, -0.1) is 0 Å². The van der Waals surface area contributed by atoms with Gasteiger partial charge in [-0.2, -0.15) is 5.26 Å². The van der Waals surface area contributed by atoms with Gasteiger partial charge in [-0.05, 0) is 42.4 Å². The van der Waals surface area contributed by atoms with Crippen LogP contribution in [0.1, 0.15) is 63.0 Å². The highest BCUT2D eigenvalue weighted by Gasteiger charge is 2.20. The van der Waals surface area contributed by atoms with Gasteiger partial charge in [-0.25, -0.2) is 8.78 Å². The van der Waals surface area contributed by atoms with Crippen LogP contribution in [-0.2, 0) is 6.42 Å². The molecule has 0 heterocycles. The van der Waals surface area contributed by atoms with Crippen molar-refractivity contribution in [2.75, 3.05) is 0 Å². The van der Waals surface area contributed by atoms with Crippen LogP contribution in [0.5, 0.6) is 0 Å². The zero-order valence-electron chi connectivity index (χ0n) is 12.7. The lowest BCUT2D eigenvalue weighted by Gasteiger charge is -2.28. The minimum Gasteiger partial charge on any atom is -0.205 e. The molecule has 2 rings (SSSR count). The van der Waals surface area contributed by atoms with Gasteiger partial charge in [0.2, 0.25) is 0 Å². The Kier molecular flexibility index (Phi) is 5.73. The zero-order chi connectivity index (χ0) is 15.2. The van der Waals surface area contributed by atoms with Crippen molar-refractivity contribution in [2.45, 2.75) is 58.3 Å². The van der Waals surface area contributed by atoms with Crippen LogP contribution in [0.4, 0.5) is 8.78 Å². The van der Waals surface area contributed by atoms with Crippen LogP contribution >= 0.6 is 0 Å². The van der Waals surface area contributed by atoms with Crippen LogP contribution in [0.15, 0.2) is 12.1 Å². The van der Waals surface area contributed by atoms with Crippen LogP contribution < -0.4 is 0 Å². The highest BCUT2D eigenvalue weighted by atomic mass is 19.1. The highest BCUT2D eigenvalue weighted by Crippen LogP contribution is 2.34. The first-order valence-electron chi connectivity index (χ1n) is 8.02. The van der Waals surface area contributed by atoms with Gasteiger partial charge in [-0.1, -0.05) is 45.4 Å². The first-order chi connectivity index (χ1) is 10.1. The molecule has 0 amide bonds. The van der Waals surface area contributed by atoms with Gasteiger partial charge in [0.05, 0.1) is 0 Å². The molecule has 0 spiro atoms. The second-order valence-electron chi connectivity index (χ2n) is 6.26. The lowest BCUT2D eigenvalue weighted by molar-refractivity contribution is 0.252. The van der Waals surface area contributed by atoms with Crippen LogP contribution in [0.2, 0.25) is 0 Å². The van der Waals surface area contributed by atoms with Gasteiger partial charge in [-0.3, -0.25) is 0 Å². The summed E-state index contributed by atoms with van der Waals surface area (Å²) >= 11 is 0. The van der Waals surface area contributed by atoms with Crippen molar-refractivity contribution >= 4 is 0 Å². The summed E-state index contributed by atoms with van der Waals surface area (Å²) in [7, 11) is 0. The Balaban J connectivity index is 1.86. The quantitative estimate of drug-likeness (QED) is 0.715. The topological polar surface area (TPSA) is 23.8 Å². The first kappa shape index (κ1) is 15.9. The molecule has 0 unspecified atom stereocenters. The molecule has 114 valence electrons. The van der Waals surface area contributed by atoms with Crippen molar-refractivity contribution in [1.82, 2.24) is 0 Å². The standard InChI is InChI=1S/C18H23F2N/c1-2-3-13-4-6-14(7-5-13)8-9-15-10-17(19)16(12-21)18(20)11-15/h10-11,13-14H,2-9H2,1H3/t13-,14-. The molecule has 0 aliphatic heterocycles. The van der Waals surface area contributed by atoms with E-state index in [1.165, 1.54) is 50.7 Å². The molecule has 0 bridgehead atoms. The molecule has 1 fully saturated rings. The SMILES string of the molecule is CCC[C@H]1CC[C@H](CCc2cc(F)c(C#N)c(F)c2)CC1. The number of aryl methyl sites for hydroxylation is 1. The molecule has 0 saturated heterocycles.